The minimum atomic E-state index is 0. The quantitative estimate of drug-likeness (QED) is 0.437. The number of rotatable bonds is 4. The molecule has 0 saturated heterocycles. The van der Waals surface area contributed by atoms with Crippen molar-refractivity contribution in [1.29, 1.82) is 0 Å². The molecule has 0 amide bonds. The van der Waals surface area contributed by atoms with Gasteiger partial charge in [0, 0.05) is 34.7 Å². The van der Waals surface area contributed by atoms with Crippen LogP contribution in [0.5, 0.6) is 0 Å². The fourth-order valence-electron chi connectivity index (χ4n) is 1.16. The van der Waals surface area contributed by atoms with Gasteiger partial charge in [0.15, 0.2) is 5.96 Å². The van der Waals surface area contributed by atoms with Crippen molar-refractivity contribution in [2.75, 3.05) is 54.9 Å². The molecule has 15 heavy (non-hydrogen) atoms. The summed E-state index contributed by atoms with van der Waals surface area (Å²) in [7, 11) is 10.2. The predicted molar refractivity (Wildman–Crippen MR) is 78.3 cm³/mol. The summed E-state index contributed by atoms with van der Waals surface area (Å²) in [5.41, 5.74) is 0. The summed E-state index contributed by atoms with van der Waals surface area (Å²) in [6.07, 6.45) is 0. The van der Waals surface area contributed by atoms with Gasteiger partial charge in [-0.2, -0.15) is 0 Å². The molecule has 0 aromatic heterocycles. The first-order valence-electron chi connectivity index (χ1n) is 5.06. The molecule has 0 fully saturated rings. The van der Waals surface area contributed by atoms with Crippen molar-refractivity contribution in [2.45, 2.75) is 6.92 Å². The number of hydrogen-bond donors (Lipinski definition) is 0. The van der Waals surface area contributed by atoms with Crippen LogP contribution in [0.4, 0.5) is 0 Å². The molecular weight excluding hydrogens is 303 g/mol. The molecule has 0 atom stereocenters. The highest BCUT2D eigenvalue weighted by atomic mass is 127. The minimum absolute atomic E-state index is 0. The molecule has 0 rings (SSSR count). The van der Waals surface area contributed by atoms with E-state index in [4.69, 9.17) is 0 Å². The van der Waals surface area contributed by atoms with Crippen LogP contribution in [0.25, 0.3) is 0 Å². The Labute approximate surface area is 111 Å². The summed E-state index contributed by atoms with van der Waals surface area (Å²) < 4.78 is 0. The summed E-state index contributed by atoms with van der Waals surface area (Å²) in [6, 6.07) is 0. The zero-order valence-corrected chi connectivity index (χ0v) is 13.1. The first kappa shape index (κ1) is 17.4. The number of nitrogens with zero attached hydrogens (tertiary/aromatic N) is 4. The van der Waals surface area contributed by atoms with Gasteiger partial charge in [0.25, 0.3) is 0 Å². The first-order chi connectivity index (χ1) is 6.49. The summed E-state index contributed by atoms with van der Waals surface area (Å²) >= 11 is 0. The lowest BCUT2D eigenvalue weighted by Gasteiger charge is -2.23. The van der Waals surface area contributed by atoms with E-state index in [1.54, 1.807) is 0 Å². The molecule has 0 aliphatic heterocycles. The Morgan fingerprint density at radius 1 is 1.00 bits per heavy atom. The van der Waals surface area contributed by atoms with Crippen molar-refractivity contribution in [2.24, 2.45) is 4.99 Å². The molecule has 5 heteroatoms. The zero-order chi connectivity index (χ0) is 11.1. The third-order valence-corrected chi connectivity index (χ3v) is 2.07. The molecule has 92 valence electrons. The van der Waals surface area contributed by atoms with Gasteiger partial charge in [0.05, 0.1) is 6.54 Å². The second-order valence-electron chi connectivity index (χ2n) is 3.87. The van der Waals surface area contributed by atoms with E-state index in [2.05, 4.69) is 23.9 Å². The number of guanidine groups is 1. The van der Waals surface area contributed by atoms with Gasteiger partial charge in [-0.1, -0.05) is 6.92 Å². The van der Waals surface area contributed by atoms with Crippen LogP contribution in [0.15, 0.2) is 4.99 Å². The highest BCUT2D eigenvalue weighted by Gasteiger charge is 2.03. The number of halogens is 1. The van der Waals surface area contributed by atoms with Crippen LogP contribution in [-0.4, -0.2) is 75.5 Å². The lowest BCUT2D eigenvalue weighted by molar-refractivity contribution is 0.361. The van der Waals surface area contributed by atoms with Crippen LogP contribution in [0.1, 0.15) is 6.92 Å². The van der Waals surface area contributed by atoms with E-state index < -0.39 is 0 Å². The fourth-order valence-corrected chi connectivity index (χ4v) is 1.16. The lowest BCUT2D eigenvalue weighted by Crippen LogP contribution is -2.36. The third kappa shape index (κ3) is 7.84. The van der Waals surface area contributed by atoms with Gasteiger partial charge in [0.1, 0.15) is 0 Å². The van der Waals surface area contributed by atoms with Crippen molar-refractivity contribution >= 4 is 29.9 Å². The average Bonchev–Trinajstić information content (AvgIpc) is 2.10. The van der Waals surface area contributed by atoms with E-state index in [1.807, 2.05) is 38.0 Å². The smallest absolute Gasteiger partial charge is 0.195 e. The Kier molecular flexibility index (Phi) is 10.7. The summed E-state index contributed by atoms with van der Waals surface area (Å²) in [5.74, 6) is 1.02. The first-order valence-corrected chi connectivity index (χ1v) is 5.06. The molecule has 0 aliphatic rings. The van der Waals surface area contributed by atoms with Crippen molar-refractivity contribution < 1.29 is 0 Å². The van der Waals surface area contributed by atoms with E-state index in [0.717, 1.165) is 25.6 Å². The Bertz CT molecular complexity index is 170. The third-order valence-electron chi connectivity index (χ3n) is 2.07. The molecule has 0 aromatic carbocycles. The number of aliphatic imine (C=N–C) groups is 1. The molecule has 0 N–H and O–H groups in total. The van der Waals surface area contributed by atoms with Gasteiger partial charge < -0.3 is 14.7 Å². The van der Waals surface area contributed by atoms with Crippen LogP contribution < -0.4 is 0 Å². The Hall–Kier alpha value is -0.0400. The van der Waals surface area contributed by atoms with Gasteiger partial charge >= 0.3 is 0 Å². The lowest BCUT2D eigenvalue weighted by atomic mass is 10.5. The van der Waals surface area contributed by atoms with E-state index in [1.165, 1.54) is 0 Å². The number of hydrogen-bond acceptors (Lipinski definition) is 2. The molecular formula is C10H25IN4. The van der Waals surface area contributed by atoms with Gasteiger partial charge in [-0.05, 0) is 13.6 Å². The zero-order valence-electron chi connectivity index (χ0n) is 10.8. The second-order valence-corrected chi connectivity index (χ2v) is 3.87. The van der Waals surface area contributed by atoms with Crippen LogP contribution in [0, 0.1) is 0 Å². The maximum Gasteiger partial charge on any atom is 0.195 e. The Morgan fingerprint density at radius 3 is 1.80 bits per heavy atom. The standard InChI is InChI=1S/C10H24N4.HI/c1-7-14(6)9-8-11-10(12(2)3)13(4)5;/h7-9H2,1-6H3;1H. The fraction of sp³-hybridized carbons (Fsp3) is 0.900. The molecule has 0 bridgehead atoms. The molecule has 4 nitrogen and oxygen atoms in total. The summed E-state index contributed by atoms with van der Waals surface area (Å²) in [4.78, 5) is 10.9. The molecule has 0 aromatic rings. The molecule has 0 radical (unpaired) electrons. The van der Waals surface area contributed by atoms with Crippen molar-refractivity contribution in [3.8, 4) is 0 Å². The number of likely N-dealkylation sites (N-methyl/N-ethyl adjacent to an activating group) is 1. The second kappa shape index (κ2) is 9.21. The molecule has 0 aliphatic carbocycles. The van der Waals surface area contributed by atoms with Crippen molar-refractivity contribution in [3.63, 3.8) is 0 Å². The minimum Gasteiger partial charge on any atom is -0.349 e. The average molecular weight is 328 g/mol. The topological polar surface area (TPSA) is 22.1 Å². The SMILES string of the molecule is CCN(C)CCN=C(N(C)C)N(C)C.I. The predicted octanol–water partition coefficient (Wildman–Crippen LogP) is 1.04. The van der Waals surface area contributed by atoms with E-state index in [-0.39, 0.29) is 24.0 Å². The largest absolute Gasteiger partial charge is 0.349 e. The maximum atomic E-state index is 4.54. The van der Waals surface area contributed by atoms with Gasteiger partial charge in [-0.3, -0.25) is 4.99 Å². The Balaban J connectivity index is 0. The van der Waals surface area contributed by atoms with Crippen molar-refractivity contribution in [1.82, 2.24) is 14.7 Å². The molecule has 0 heterocycles. The van der Waals surface area contributed by atoms with Gasteiger partial charge in [-0.25, -0.2) is 0 Å². The van der Waals surface area contributed by atoms with E-state index >= 15 is 0 Å². The highest BCUT2D eigenvalue weighted by molar-refractivity contribution is 14.0. The molecule has 0 unspecified atom stereocenters. The summed E-state index contributed by atoms with van der Waals surface area (Å²) in [6.45, 7) is 5.11. The van der Waals surface area contributed by atoms with Gasteiger partial charge in [0.2, 0.25) is 0 Å². The van der Waals surface area contributed by atoms with Gasteiger partial charge in [-0.15, -0.1) is 24.0 Å². The van der Waals surface area contributed by atoms with E-state index in [0.29, 0.717) is 0 Å². The molecule has 0 spiro atoms. The van der Waals surface area contributed by atoms with Crippen LogP contribution in [-0.2, 0) is 0 Å². The Morgan fingerprint density at radius 2 is 1.47 bits per heavy atom. The van der Waals surface area contributed by atoms with E-state index in [9.17, 15) is 0 Å². The van der Waals surface area contributed by atoms with Crippen molar-refractivity contribution in [3.05, 3.63) is 0 Å². The highest BCUT2D eigenvalue weighted by Crippen LogP contribution is 1.90. The molecule has 0 saturated carbocycles. The normalized spacial score (nSPS) is 9.53. The maximum absolute atomic E-state index is 4.54. The van der Waals surface area contributed by atoms with Crippen LogP contribution in [0.2, 0.25) is 0 Å². The monoisotopic (exact) mass is 328 g/mol. The van der Waals surface area contributed by atoms with Crippen LogP contribution in [0.3, 0.4) is 0 Å². The van der Waals surface area contributed by atoms with Crippen LogP contribution >= 0.6 is 24.0 Å². The summed E-state index contributed by atoms with van der Waals surface area (Å²) in [5, 5.41) is 0.